The fraction of sp³-hybridized carbons (Fsp3) is 0.429. The number of ether oxygens (including phenoxy) is 1. The molecule has 7 nitrogen and oxygen atoms in total. The Kier molecular flexibility index (Phi) is 5.83. The van der Waals surface area contributed by atoms with Crippen LogP contribution in [0.3, 0.4) is 0 Å². The molecule has 1 rings (SSSR count). The fourth-order valence-corrected chi connectivity index (χ4v) is 1.58. The maximum atomic E-state index is 11.9. The molecule has 0 radical (unpaired) electrons. The summed E-state index contributed by atoms with van der Waals surface area (Å²) < 4.78 is 4.84. The number of carbonyl (C=O) groups is 2. The van der Waals surface area contributed by atoms with E-state index in [1.54, 1.807) is 13.8 Å². The standard InChI is InChI=1S/C14H18N2O5/c1-4-9(3)13(17)15-11-8-10(14(18)21-5-2)6-7-12(11)16(19)20/h6-9H,4-5H2,1-3H3,(H,15,17). The molecule has 0 aliphatic heterocycles. The third-order valence-electron chi connectivity index (χ3n) is 3.02. The summed E-state index contributed by atoms with van der Waals surface area (Å²) in [6, 6.07) is 3.74. The molecule has 0 fully saturated rings. The summed E-state index contributed by atoms with van der Waals surface area (Å²) in [7, 11) is 0. The van der Waals surface area contributed by atoms with E-state index in [0.717, 1.165) is 0 Å². The van der Waals surface area contributed by atoms with Crippen molar-refractivity contribution in [1.29, 1.82) is 0 Å². The van der Waals surface area contributed by atoms with Crippen LogP contribution in [0.15, 0.2) is 18.2 Å². The van der Waals surface area contributed by atoms with Crippen LogP contribution in [0, 0.1) is 16.0 Å². The van der Waals surface area contributed by atoms with Crippen LogP contribution in [0.1, 0.15) is 37.6 Å². The molecule has 21 heavy (non-hydrogen) atoms. The molecule has 0 spiro atoms. The normalized spacial score (nSPS) is 11.6. The largest absolute Gasteiger partial charge is 0.462 e. The Bertz CT molecular complexity index is 556. The second-order valence-electron chi connectivity index (χ2n) is 4.51. The maximum Gasteiger partial charge on any atom is 0.338 e. The van der Waals surface area contributed by atoms with Gasteiger partial charge in [0.15, 0.2) is 0 Å². The van der Waals surface area contributed by atoms with E-state index in [1.165, 1.54) is 18.2 Å². The second-order valence-corrected chi connectivity index (χ2v) is 4.51. The Labute approximate surface area is 122 Å². The highest BCUT2D eigenvalue weighted by Crippen LogP contribution is 2.26. The smallest absolute Gasteiger partial charge is 0.338 e. The van der Waals surface area contributed by atoms with Crippen LogP contribution >= 0.6 is 0 Å². The lowest BCUT2D eigenvalue weighted by atomic mass is 10.1. The monoisotopic (exact) mass is 294 g/mol. The van der Waals surface area contributed by atoms with Crippen LogP contribution < -0.4 is 5.32 Å². The summed E-state index contributed by atoms with van der Waals surface area (Å²) >= 11 is 0. The Morgan fingerprint density at radius 1 is 1.38 bits per heavy atom. The third kappa shape index (κ3) is 4.27. The molecule has 1 amide bonds. The van der Waals surface area contributed by atoms with Crippen molar-refractivity contribution in [3.05, 3.63) is 33.9 Å². The number of carbonyl (C=O) groups excluding carboxylic acids is 2. The van der Waals surface area contributed by atoms with Crippen LogP contribution in [0.25, 0.3) is 0 Å². The lowest BCUT2D eigenvalue weighted by Gasteiger charge is -2.11. The Hall–Kier alpha value is -2.44. The zero-order valence-corrected chi connectivity index (χ0v) is 12.2. The van der Waals surface area contributed by atoms with Gasteiger partial charge in [-0.1, -0.05) is 13.8 Å². The summed E-state index contributed by atoms with van der Waals surface area (Å²) in [4.78, 5) is 33.9. The van der Waals surface area contributed by atoms with E-state index >= 15 is 0 Å². The number of hydrogen-bond acceptors (Lipinski definition) is 5. The maximum absolute atomic E-state index is 11.9. The molecule has 1 N–H and O–H groups in total. The van der Waals surface area contributed by atoms with Gasteiger partial charge < -0.3 is 10.1 Å². The molecule has 0 aromatic heterocycles. The van der Waals surface area contributed by atoms with E-state index in [-0.39, 0.29) is 35.4 Å². The van der Waals surface area contributed by atoms with Gasteiger partial charge in [-0.2, -0.15) is 0 Å². The minimum atomic E-state index is -0.610. The minimum Gasteiger partial charge on any atom is -0.462 e. The number of anilines is 1. The zero-order valence-electron chi connectivity index (χ0n) is 12.2. The van der Waals surface area contributed by atoms with Crippen LogP contribution in [0.2, 0.25) is 0 Å². The van der Waals surface area contributed by atoms with Gasteiger partial charge in [-0.05, 0) is 25.5 Å². The molecule has 0 aliphatic rings. The van der Waals surface area contributed by atoms with Gasteiger partial charge >= 0.3 is 5.97 Å². The molecule has 0 aliphatic carbocycles. The number of nitrogens with zero attached hydrogens (tertiary/aromatic N) is 1. The quantitative estimate of drug-likeness (QED) is 0.494. The van der Waals surface area contributed by atoms with Crippen LogP contribution in [0.4, 0.5) is 11.4 Å². The molecule has 1 aromatic rings. The van der Waals surface area contributed by atoms with Crippen molar-refractivity contribution in [1.82, 2.24) is 0 Å². The van der Waals surface area contributed by atoms with Gasteiger partial charge in [0, 0.05) is 12.0 Å². The number of esters is 1. The van der Waals surface area contributed by atoms with Gasteiger partial charge in [-0.3, -0.25) is 14.9 Å². The van der Waals surface area contributed by atoms with Crippen molar-refractivity contribution in [3.8, 4) is 0 Å². The number of nitro groups is 1. The van der Waals surface area contributed by atoms with Gasteiger partial charge in [0.05, 0.1) is 17.1 Å². The van der Waals surface area contributed by atoms with Crippen molar-refractivity contribution in [2.24, 2.45) is 5.92 Å². The number of benzene rings is 1. The SMILES string of the molecule is CCOC(=O)c1ccc([N+](=O)[O-])c(NC(=O)C(C)CC)c1. The Balaban J connectivity index is 3.13. The van der Waals surface area contributed by atoms with E-state index in [4.69, 9.17) is 4.74 Å². The highest BCUT2D eigenvalue weighted by molar-refractivity contribution is 5.97. The first-order valence-electron chi connectivity index (χ1n) is 6.67. The van der Waals surface area contributed by atoms with Gasteiger partial charge in [0.1, 0.15) is 5.69 Å². The first-order chi connectivity index (χ1) is 9.90. The molecule has 1 unspecified atom stereocenters. The molecular formula is C14H18N2O5. The van der Waals surface area contributed by atoms with Gasteiger partial charge in [0.2, 0.25) is 5.91 Å². The molecule has 114 valence electrons. The van der Waals surface area contributed by atoms with E-state index in [1.807, 2.05) is 6.92 Å². The topological polar surface area (TPSA) is 98.5 Å². The number of hydrogen-bond donors (Lipinski definition) is 1. The first kappa shape index (κ1) is 16.6. The molecular weight excluding hydrogens is 276 g/mol. The van der Waals surface area contributed by atoms with Crippen molar-refractivity contribution in [3.63, 3.8) is 0 Å². The third-order valence-corrected chi connectivity index (χ3v) is 3.02. The molecule has 1 aromatic carbocycles. The summed E-state index contributed by atoms with van der Waals surface area (Å²) in [6.07, 6.45) is 0.608. The average molecular weight is 294 g/mol. The van der Waals surface area contributed by atoms with Gasteiger partial charge in [0.25, 0.3) is 5.69 Å². The van der Waals surface area contributed by atoms with E-state index in [0.29, 0.717) is 6.42 Å². The van der Waals surface area contributed by atoms with E-state index in [2.05, 4.69) is 5.32 Å². The lowest BCUT2D eigenvalue weighted by Crippen LogP contribution is -2.20. The molecule has 7 heteroatoms. The number of nitro benzene ring substituents is 1. The summed E-state index contributed by atoms with van der Waals surface area (Å²) in [5.41, 5.74) is -0.113. The lowest BCUT2D eigenvalue weighted by molar-refractivity contribution is -0.383. The molecule has 0 saturated heterocycles. The minimum absolute atomic E-state index is 0.00384. The van der Waals surface area contributed by atoms with Crippen LogP contribution in [0.5, 0.6) is 0 Å². The fourth-order valence-electron chi connectivity index (χ4n) is 1.58. The second kappa shape index (κ2) is 7.37. The predicted molar refractivity (Wildman–Crippen MR) is 77.1 cm³/mol. The molecule has 0 heterocycles. The highest BCUT2D eigenvalue weighted by atomic mass is 16.6. The van der Waals surface area contributed by atoms with Crippen molar-refractivity contribution >= 4 is 23.3 Å². The Morgan fingerprint density at radius 3 is 2.57 bits per heavy atom. The molecule has 0 saturated carbocycles. The average Bonchev–Trinajstić information content (AvgIpc) is 2.46. The number of rotatable bonds is 6. The van der Waals surface area contributed by atoms with Crippen molar-refractivity contribution in [2.75, 3.05) is 11.9 Å². The van der Waals surface area contributed by atoms with Crippen LogP contribution in [-0.2, 0) is 9.53 Å². The van der Waals surface area contributed by atoms with Crippen LogP contribution in [-0.4, -0.2) is 23.4 Å². The van der Waals surface area contributed by atoms with E-state index in [9.17, 15) is 19.7 Å². The predicted octanol–water partition coefficient (Wildman–Crippen LogP) is 2.76. The Morgan fingerprint density at radius 2 is 2.05 bits per heavy atom. The van der Waals surface area contributed by atoms with Crippen molar-refractivity contribution < 1.29 is 19.2 Å². The number of amides is 1. The molecule has 0 bridgehead atoms. The zero-order chi connectivity index (χ0) is 16.0. The first-order valence-corrected chi connectivity index (χ1v) is 6.67. The summed E-state index contributed by atoms with van der Waals surface area (Å²) in [6.45, 7) is 5.42. The summed E-state index contributed by atoms with van der Waals surface area (Å²) in [5, 5.41) is 13.5. The molecule has 1 atom stereocenters. The highest BCUT2D eigenvalue weighted by Gasteiger charge is 2.20. The van der Waals surface area contributed by atoms with Gasteiger partial charge in [-0.15, -0.1) is 0 Å². The van der Waals surface area contributed by atoms with Crippen molar-refractivity contribution in [2.45, 2.75) is 27.2 Å². The summed E-state index contributed by atoms with van der Waals surface area (Å²) in [5.74, 6) is -1.20. The van der Waals surface area contributed by atoms with Gasteiger partial charge in [-0.25, -0.2) is 4.79 Å². The van der Waals surface area contributed by atoms with E-state index < -0.39 is 10.9 Å². The number of nitrogens with one attached hydrogen (secondary N) is 1.